The van der Waals surface area contributed by atoms with E-state index in [1.165, 1.54) is 28.8 Å². The van der Waals surface area contributed by atoms with E-state index in [-0.39, 0.29) is 11.2 Å². The monoisotopic (exact) mass is 460 g/mol. The number of halogens is 2. The highest BCUT2D eigenvalue weighted by molar-refractivity contribution is 5.80. The van der Waals surface area contributed by atoms with Gasteiger partial charge in [0.15, 0.2) is 0 Å². The summed E-state index contributed by atoms with van der Waals surface area (Å²) < 4.78 is 29.9. The van der Waals surface area contributed by atoms with Gasteiger partial charge in [0.1, 0.15) is 17.5 Å². The predicted octanol–water partition coefficient (Wildman–Crippen LogP) is 5.38. The maximum atomic E-state index is 14.6. The molecule has 0 aliphatic carbocycles. The van der Waals surface area contributed by atoms with Crippen molar-refractivity contribution in [1.29, 1.82) is 0 Å². The molecule has 0 radical (unpaired) electrons. The SMILES string of the molecule is CCN(CC)Cc1ccc(F)c(/C=C/c2nc3ccc(F)cc3c(=O)n2-c2cccnc2C)c1. The number of nitrogens with zero attached hydrogens (tertiary/aromatic N) is 4. The zero-order valence-electron chi connectivity index (χ0n) is 19.4. The van der Waals surface area contributed by atoms with Gasteiger partial charge in [-0.3, -0.25) is 19.2 Å². The first-order valence-corrected chi connectivity index (χ1v) is 11.2. The maximum Gasteiger partial charge on any atom is 0.266 e. The topological polar surface area (TPSA) is 51.0 Å². The van der Waals surface area contributed by atoms with Crippen LogP contribution >= 0.6 is 0 Å². The van der Waals surface area contributed by atoms with Gasteiger partial charge in [-0.15, -0.1) is 0 Å². The van der Waals surface area contributed by atoms with E-state index in [1.807, 2.05) is 0 Å². The highest BCUT2D eigenvalue weighted by atomic mass is 19.1. The number of fused-ring (bicyclic) bond motifs is 1. The number of benzene rings is 2. The van der Waals surface area contributed by atoms with E-state index in [0.29, 0.717) is 34.8 Å². The Morgan fingerprint density at radius 2 is 1.82 bits per heavy atom. The quantitative estimate of drug-likeness (QED) is 0.372. The molecule has 0 saturated heterocycles. The van der Waals surface area contributed by atoms with Gasteiger partial charge in [0.2, 0.25) is 0 Å². The summed E-state index contributed by atoms with van der Waals surface area (Å²) in [6, 6.07) is 12.4. The lowest BCUT2D eigenvalue weighted by atomic mass is 10.1. The molecule has 0 amide bonds. The minimum absolute atomic E-state index is 0.160. The van der Waals surface area contributed by atoms with Gasteiger partial charge in [-0.2, -0.15) is 0 Å². The van der Waals surface area contributed by atoms with E-state index in [9.17, 15) is 13.6 Å². The minimum Gasteiger partial charge on any atom is -0.300 e. The Morgan fingerprint density at radius 3 is 2.56 bits per heavy atom. The molecule has 174 valence electrons. The molecule has 0 spiro atoms. The van der Waals surface area contributed by atoms with Crippen molar-refractivity contribution in [3.63, 3.8) is 0 Å². The van der Waals surface area contributed by atoms with Crippen molar-refractivity contribution >= 4 is 23.1 Å². The molecule has 34 heavy (non-hydrogen) atoms. The number of hydrogen-bond donors (Lipinski definition) is 0. The van der Waals surface area contributed by atoms with Crippen LogP contribution in [-0.2, 0) is 6.54 Å². The van der Waals surface area contributed by atoms with E-state index in [4.69, 9.17) is 0 Å². The summed E-state index contributed by atoms with van der Waals surface area (Å²) in [5.41, 5.74) is 2.47. The number of hydrogen-bond acceptors (Lipinski definition) is 4. The Hall–Kier alpha value is -3.71. The van der Waals surface area contributed by atoms with Crippen molar-refractivity contribution in [2.45, 2.75) is 27.3 Å². The van der Waals surface area contributed by atoms with E-state index >= 15 is 0 Å². The van der Waals surface area contributed by atoms with Crippen LogP contribution in [0.4, 0.5) is 8.78 Å². The zero-order chi connectivity index (χ0) is 24.2. The molecule has 2 aromatic heterocycles. The van der Waals surface area contributed by atoms with Crippen LogP contribution in [0.1, 0.15) is 36.5 Å². The Morgan fingerprint density at radius 1 is 1.03 bits per heavy atom. The lowest BCUT2D eigenvalue weighted by molar-refractivity contribution is 0.296. The second-order valence-electron chi connectivity index (χ2n) is 8.03. The summed E-state index contributed by atoms with van der Waals surface area (Å²) in [5, 5.41) is 0.160. The van der Waals surface area contributed by atoms with Crippen molar-refractivity contribution in [2.75, 3.05) is 13.1 Å². The van der Waals surface area contributed by atoms with Crippen LogP contribution in [0.2, 0.25) is 0 Å². The molecule has 4 aromatic rings. The molecule has 4 rings (SSSR count). The summed E-state index contributed by atoms with van der Waals surface area (Å²) in [4.78, 5) is 24.5. The third kappa shape index (κ3) is 4.79. The van der Waals surface area contributed by atoms with Crippen LogP contribution in [0.3, 0.4) is 0 Å². The molecule has 0 fully saturated rings. The largest absolute Gasteiger partial charge is 0.300 e. The van der Waals surface area contributed by atoms with Crippen LogP contribution in [0, 0.1) is 18.6 Å². The van der Waals surface area contributed by atoms with Gasteiger partial charge in [-0.1, -0.05) is 19.9 Å². The first-order chi connectivity index (χ1) is 16.4. The summed E-state index contributed by atoms with van der Waals surface area (Å²) >= 11 is 0. The van der Waals surface area contributed by atoms with Crippen LogP contribution in [0.15, 0.2) is 59.5 Å². The van der Waals surface area contributed by atoms with Crippen molar-refractivity contribution in [2.24, 2.45) is 0 Å². The van der Waals surface area contributed by atoms with Gasteiger partial charge in [0, 0.05) is 18.3 Å². The molecule has 7 heteroatoms. The van der Waals surface area contributed by atoms with Gasteiger partial charge in [-0.25, -0.2) is 13.8 Å². The summed E-state index contributed by atoms with van der Waals surface area (Å²) in [6.07, 6.45) is 4.85. The Kier molecular flexibility index (Phi) is 6.93. The van der Waals surface area contributed by atoms with E-state index in [0.717, 1.165) is 18.7 Å². The first kappa shape index (κ1) is 23.4. The van der Waals surface area contributed by atoms with E-state index < -0.39 is 11.4 Å². The summed E-state index contributed by atoms with van der Waals surface area (Å²) in [5.74, 6) is -0.584. The fraction of sp³-hybridized carbons (Fsp3) is 0.222. The van der Waals surface area contributed by atoms with E-state index in [1.54, 1.807) is 49.5 Å². The number of aryl methyl sites for hydroxylation is 1. The van der Waals surface area contributed by atoms with Gasteiger partial charge in [0.05, 0.1) is 22.3 Å². The van der Waals surface area contributed by atoms with Gasteiger partial charge in [0.25, 0.3) is 5.56 Å². The normalized spacial score (nSPS) is 11.7. The standard InChI is InChI=1S/C27H26F2N4O/c1-4-32(5-2)17-19-8-11-23(29)20(15-19)9-13-26-31-24-12-10-21(28)16-22(24)27(34)33(26)25-7-6-14-30-18(25)3/h6-16H,4-5,17H2,1-3H3/b13-9+. The first-order valence-electron chi connectivity index (χ1n) is 11.2. The minimum atomic E-state index is -0.517. The second kappa shape index (κ2) is 10.1. The molecule has 2 heterocycles. The summed E-state index contributed by atoms with van der Waals surface area (Å²) in [7, 11) is 0. The fourth-order valence-corrected chi connectivity index (χ4v) is 3.92. The number of pyridine rings is 1. The number of aromatic nitrogens is 3. The van der Waals surface area contributed by atoms with Gasteiger partial charge in [-0.05, 0) is 80.2 Å². The van der Waals surface area contributed by atoms with Crippen molar-refractivity contribution in [3.05, 3.63) is 99.4 Å². The lowest BCUT2D eigenvalue weighted by Crippen LogP contribution is -2.23. The molecule has 0 aliphatic rings. The van der Waals surface area contributed by atoms with Crippen molar-refractivity contribution in [3.8, 4) is 5.69 Å². The van der Waals surface area contributed by atoms with Gasteiger partial charge < -0.3 is 0 Å². The predicted molar refractivity (Wildman–Crippen MR) is 132 cm³/mol. The van der Waals surface area contributed by atoms with Crippen LogP contribution in [0.25, 0.3) is 28.7 Å². The third-order valence-electron chi connectivity index (χ3n) is 5.85. The molecular weight excluding hydrogens is 434 g/mol. The molecule has 0 unspecified atom stereocenters. The van der Waals surface area contributed by atoms with Crippen LogP contribution in [0.5, 0.6) is 0 Å². The molecular formula is C27H26F2N4O. The van der Waals surface area contributed by atoms with Crippen molar-refractivity contribution < 1.29 is 8.78 Å². The highest BCUT2D eigenvalue weighted by Crippen LogP contribution is 2.19. The Labute approximate surface area is 197 Å². The molecule has 2 aromatic carbocycles. The van der Waals surface area contributed by atoms with E-state index in [2.05, 4.69) is 28.7 Å². The van der Waals surface area contributed by atoms with Crippen molar-refractivity contribution in [1.82, 2.24) is 19.4 Å². The second-order valence-corrected chi connectivity index (χ2v) is 8.03. The molecule has 5 nitrogen and oxygen atoms in total. The lowest BCUT2D eigenvalue weighted by Gasteiger charge is -2.18. The van der Waals surface area contributed by atoms with Crippen LogP contribution in [-0.4, -0.2) is 32.5 Å². The van der Waals surface area contributed by atoms with Gasteiger partial charge >= 0.3 is 0 Å². The maximum absolute atomic E-state index is 14.6. The fourth-order valence-electron chi connectivity index (χ4n) is 3.92. The average molecular weight is 461 g/mol. The molecule has 0 aliphatic heterocycles. The molecule has 0 atom stereocenters. The molecule has 0 saturated carbocycles. The smallest absolute Gasteiger partial charge is 0.266 e. The number of rotatable bonds is 7. The third-order valence-corrected chi connectivity index (χ3v) is 5.85. The Bertz CT molecular complexity index is 1420. The zero-order valence-corrected chi connectivity index (χ0v) is 19.4. The Balaban J connectivity index is 1.85. The van der Waals surface area contributed by atoms with Crippen LogP contribution < -0.4 is 5.56 Å². The average Bonchev–Trinajstić information content (AvgIpc) is 2.84. The molecule has 0 bridgehead atoms. The highest BCUT2D eigenvalue weighted by Gasteiger charge is 2.14. The molecule has 0 N–H and O–H groups in total. The summed E-state index contributed by atoms with van der Waals surface area (Å²) in [6.45, 7) is 8.47.